The highest BCUT2D eigenvalue weighted by Gasteiger charge is 2.14. The lowest BCUT2D eigenvalue weighted by atomic mass is 10.2. The molecule has 0 bridgehead atoms. The number of anilines is 2. The van der Waals surface area contributed by atoms with E-state index in [1.807, 2.05) is 48.5 Å². The zero-order valence-electron chi connectivity index (χ0n) is 17.0. The van der Waals surface area contributed by atoms with Gasteiger partial charge in [-0.3, -0.25) is 13.5 Å². The first-order chi connectivity index (χ1) is 16.1. The van der Waals surface area contributed by atoms with Gasteiger partial charge in [0.2, 0.25) is 0 Å². The first kappa shape index (κ1) is 21.6. The Balaban J connectivity index is 1.42. The van der Waals surface area contributed by atoms with E-state index in [1.54, 1.807) is 42.2 Å². The standard InChI is InChI=1S/C24H16N4O2S3/c25-14-16-3-5-17(6-4-16)15-31-24-27-22-10-8-20(13-23(22)32-24)28(33(29)30)19-7-9-21-18(12-19)2-1-11-26-21/h1-13H,15H2,(H,29,30)/p-1. The monoisotopic (exact) mass is 487 g/mol. The first-order valence-corrected chi connectivity index (χ1v) is 12.7. The molecular weight excluding hydrogens is 472 g/mol. The predicted octanol–water partition coefficient (Wildman–Crippen LogP) is 5.94. The smallest absolute Gasteiger partial charge is 0.151 e. The minimum atomic E-state index is -2.50. The van der Waals surface area contributed by atoms with Crippen molar-refractivity contribution in [3.8, 4) is 6.07 Å². The number of benzene rings is 3. The molecule has 0 N–H and O–H groups in total. The number of nitrogens with zero attached hydrogens (tertiary/aromatic N) is 4. The molecule has 0 aliphatic carbocycles. The third-order valence-electron chi connectivity index (χ3n) is 5.00. The zero-order chi connectivity index (χ0) is 22.8. The van der Waals surface area contributed by atoms with Gasteiger partial charge in [0.25, 0.3) is 0 Å². The number of thioether (sulfide) groups is 1. The lowest BCUT2D eigenvalue weighted by Gasteiger charge is -2.26. The van der Waals surface area contributed by atoms with Crippen molar-refractivity contribution in [1.82, 2.24) is 9.97 Å². The number of hydrogen-bond acceptors (Lipinski definition) is 7. The maximum Gasteiger partial charge on any atom is 0.151 e. The van der Waals surface area contributed by atoms with Gasteiger partial charge in [0.05, 0.1) is 50.0 Å². The van der Waals surface area contributed by atoms with Crippen molar-refractivity contribution in [3.05, 3.63) is 90.1 Å². The molecule has 9 heteroatoms. The minimum Gasteiger partial charge on any atom is -0.755 e. The molecule has 0 spiro atoms. The second kappa shape index (κ2) is 9.29. The van der Waals surface area contributed by atoms with Crippen LogP contribution in [0.2, 0.25) is 0 Å². The molecule has 1 unspecified atom stereocenters. The molecule has 0 radical (unpaired) electrons. The van der Waals surface area contributed by atoms with Crippen LogP contribution in [0.1, 0.15) is 11.1 Å². The van der Waals surface area contributed by atoms with Gasteiger partial charge in [-0.05, 0) is 60.2 Å². The number of hydrogen-bond donors (Lipinski definition) is 0. The molecule has 0 amide bonds. The van der Waals surface area contributed by atoms with Gasteiger partial charge >= 0.3 is 0 Å². The summed E-state index contributed by atoms with van der Waals surface area (Å²) < 4.78 is 27.4. The summed E-state index contributed by atoms with van der Waals surface area (Å²) in [6.07, 6.45) is 1.71. The fourth-order valence-corrected chi connectivity index (χ4v) is 6.04. The molecule has 1 atom stereocenters. The number of aromatic nitrogens is 2. The average molecular weight is 488 g/mol. The summed E-state index contributed by atoms with van der Waals surface area (Å²) >= 11 is 0.644. The van der Waals surface area contributed by atoms with Crippen LogP contribution >= 0.6 is 23.1 Å². The van der Waals surface area contributed by atoms with Crippen molar-refractivity contribution in [3.63, 3.8) is 0 Å². The highest BCUT2D eigenvalue weighted by molar-refractivity contribution is 8.00. The minimum absolute atomic E-state index is 0.545. The second-order valence-electron chi connectivity index (χ2n) is 7.12. The van der Waals surface area contributed by atoms with Gasteiger partial charge < -0.3 is 4.55 Å². The third kappa shape index (κ3) is 4.60. The molecule has 162 valence electrons. The Kier molecular flexibility index (Phi) is 6.07. The molecule has 0 aliphatic heterocycles. The van der Waals surface area contributed by atoms with Crippen LogP contribution in [0.3, 0.4) is 0 Å². The summed E-state index contributed by atoms with van der Waals surface area (Å²) in [5.74, 6) is 0.736. The molecule has 3 aromatic carbocycles. The molecule has 5 aromatic rings. The van der Waals surface area contributed by atoms with Gasteiger partial charge in [0.15, 0.2) is 4.34 Å². The van der Waals surface area contributed by atoms with Gasteiger partial charge in [0.1, 0.15) is 0 Å². The van der Waals surface area contributed by atoms with Gasteiger partial charge in [-0.25, -0.2) is 4.98 Å². The van der Waals surface area contributed by atoms with Crippen molar-refractivity contribution < 1.29 is 8.76 Å². The van der Waals surface area contributed by atoms with Crippen LogP contribution in [0.5, 0.6) is 0 Å². The number of rotatable bonds is 6. The summed E-state index contributed by atoms with van der Waals surface area (Å²) in [6.45, 7) is 0. The third-order valence-corrected chi connectivity index (χ3v) is 7.95. The van der Waals surface area contributed by atoms with E-state index >= 15 is 0 Å². The highest BCUT2D eigenvalue weighted by atomic mass is 32.2. The molecule has 0 saturated carbocycles. The van der Waals surface area contributed by atoms with E-state index in [0.717, 1.165) is 36.8 Å². The van der Waals surface area contributed by atoms with E-state index < -0.39 is 11.3 Å². The number of nitriles is 1. The van der Waals surface area contributed by atoms with Crippen molar-refractivity contribution >= 4 is 66.9 Å². The summed E-state index contributed by atoms with van der Waals surface area (Å²) in [4.78, 5) is 8.96. The van der Waals surface area contributed by atoms with E-state index in [9.17, 15) is 8.76 Å². The largest absolute Gasteiger partial charge is 0.755 e. The Morgan fingerprint density at radius 2 is 1.79 bits per heavy atom. The van der Waals surface area contributed by atoms with Gasteiger partial charge in [0, 0.05) is 17.3 Å². The molecule has 2 heterocycles. The normalized spacial score (nSPS) is 12.0. The average Bonchev–Trinajstić information content (AvgIpc) is 3.25. The molecule has 2 aromatic heterocycles. The van der Waals surface area contributed by atoms with E-state index in [2.05, 4.69) is 16.0 Å². The molecule has 0 aliphatic rings. The Hall–Kier alpha value is -3.29. The Labute approximate surface area is 201 Å². The topological polar surface area (TPSA) is 92.9 Å². The summed E-state index contributed by atoms with van der Waals surface area (Å²) in [6, 6.07) is 24.2. The fraction of sp³-hybridized carbons (Fsp3) is 0.0417. The number of thiazole rings is 1. The van der Waals surface area contributed by atoms with Crippen molar-refractivity contribution in [2.45, 2.75) is 10.1 Å². The van der Waals surface area contributed by atoms with Crippen LogP contribution in [0.25, 0.3) is 21.1 Å². The van der Waals surface area contributed by atoms with E-state index in [1.165, 1.54) is 15.6 Å². The number of pyridine rings is 1. The van der Waals surface area contributed by atoms with E-state index in [0.29, 0.717) is 16.9 Å². The van der Waals surface area contributed by atoms with E-state index in [-0.39, 0.29) is 0 Å². The fourth-order valence-electron chi connectivity index (χ4n) is 3.41. The summed E-state index contributed by atoms with van der Waals surface area (Å²) in [5, 5.41) is 9.79. The maximum absolute atomic E-state index is 12.2. The van der Waals surface area contributed by atoms with E-state index in [4.69, 9.17) is 5.26 Å². The van der Waals surface area contributed by atoms with Crippen LogP contribution in [0.4, 0.5) is 11.4 Å². The van der Waals surface area contributed by atoms with Crippen LogP contribution < -0.4 is 4.31 Å². The zero-order valence-corrected chi connectivity index (χ0v) is 19.5. The molecular formula is C24H15N4O2S3-. The SMILES string of the molecule is N#Cc1ccc(CSc2nc3ccc(N(c4ccc5ncccc5c4)S(=O)[O-])cc3s2)cc1. The molecule has 5 rings (SSSR count). The first-order valence-electron chi connectivity index (χ1n) is 9.87. The van der Waals surface area contributed by atoms with Crippen molar-refractivity contribution in [2.24, 2.45) is 0 Å². The summed E-state index contributed by atoms with van der Waals surface area (Å²) in [7, 11) is 0. The predicted molar refractivity (Wildman–Crippen MR) is 133 cm³/mol. The summed E-state index contributed by atoms with van der Waals surface area (Å²) in [5.41, 5.74) is 4.47. The van der Waals surface area contributed by atoms with Gasteiger partial charge in [-0.2, -0.15) is 5.26 Å². The lowest BCUT2D eigenvalue weighted by molar-refractivity contribution is 0.537. The maximum atomic E-state index is 12.2. The quantitative estimate of drug-likeness (QED) is 0.217. The van der Waals surface area contributed by atoms with Crippen LogP contribution in [-0.2, 0) is 17.0 Å². The molecule has 33 heavy (non-hydrogen) atoms. The Morgan fingerprint density at radius 1 is 1.03 bits per heavy atom. The van der Waals surface area contributed by atoms with Crippen molar-refractivity contribution in [2.75, 3.05) is 4.31 Å². The molecule has 0 fully saturated rings. The molecule has 6 nitrogen and oxygen atoms in total. The molecule has 0 saturated heterocycles. The highest BCUT2D eigenvalue weighted by Crippen LogP contribution is 2.36. The van der Waals surface area contributed by atoms with Crippen molar-refractivity contribution in [1.29, 1.82) is 5.26 Å². The van der Waals surface area contributed by atoms with Crippen LogP contribution in [-0.4, -0.2) is 18.7 Å². The number of fused-ring (bicyclic) bond motifs is 2. The van der Waals surface area contributed by atoms with Crippen LogP contribution in [0, 0.1) is 11.3 Å². The second-order valence-corrected chi connectivity index (χ2v) is 10.2. The van der Waals surface area contributed by atoms with Gasteiger partial charge in [-0.15, -0.1) is 11.3 Å². The Bertz CT molecular complexity index is 1530. The van der Waals surface area contributed by atoms with Crippen LogP contribution in [0.15, 0.2) is 83.3 Å². The Morgan fingerprint density at radius 3 is 2.55 bits per heavy atom. The lowest BCUT2D eigenvalue weighted by Crippen LogP contribution is -2.19. The van der Waals surface area contributed by atoms with Gasteiger partial charge in [-0.1, -0.05) is 30.0 Å².